The first-order chi connectivity index (χ1) is 12.0. The molecule has 0 amide bonds. The van der Waals surface area contributed by atoms with Crippen LogP contribution in [0.2, 0.25) is 7.75 Å². The van der Waals surface area contributed by atoms with Crippen molar-refractivity contribution in [2.45, 2.75) is 35.8 Å². The van der Waals surface area contributed by atoms with Crippen LogP contribution < -0.4 is 0 Å². The predicted octanol–water partition coefficient (Wildman–Crippen LogP) is 6.87. The van der Waals surface area contributed by atoms with Gasteiger partial charge in [0.25, 0.3) is 0 Å². The van der Waals surface area contributed by atoms with Crippen LogP contribution in [0.3, 0.4) is 0 Å². The molecule has 0 bridgehead atoms. The van der Waals surface area contributed by atoms with Crippen LogP contribution in [-0.2, 0) is 17.4 Å². The molecule has 0 N–H and O–H groups in total. The third kappa shape index (κ3) is 3.12. The SMILES string of the molecule is C[CH2][Zr](=[SiH2])([CH](C)C)([CH]1C=Cc2ccccc21)[CH]1C=Cc2ccccc21.Cl.Cl. The van der Waals surface area contributed by atoms with Gasteiger partial charge in [-0.2, -0.15) is 0 Å². The fourth-order valence-electron chi connectivity index (χ4n) is 5.55. The van der Waals surface area contributed by atoms with Gasteiger partial charge in [0, 0.05) is 0 Å². The van der Waals surface area contributed by atoms with E-state index >= 15 is 0 Å². The minimum atomic E-state index is -3.28. The van der Waals surface area contributed by atoms with Gasteiger partial charge in [-0.3, -0.25) is 0 Å². The summed E-state index contributed by atoms with van der Waals surface area (Å²) in [5.74, 6) is 0. The molecule has 2 unspecified atom stereocenters. The van der Waals surface area contributed by atoms with Crippen molar-refractivity contribution in [1.82, 2.24) is 0 Å². The molecule has 0 fully saturated rings. The molecule has 2 aromatic carbocycles. The number of hydrogen-bond acceptors (Lipinski definition) is 0. The van der Waals surface area contributed by atoms with Crippen molar-refractivity contribution in [3.05, 3.63) is 82.9 Å². The molecule has 2 aliphatic carbocycles. The van der Waals surface area contributed by atoms with Crippen LogP contribution in [0.25, 0.3) is 12.2 Å². The summed E-state index contributed by atoms with van der Waals surface area (Å²) in [7, 11) is 0. The summed E-state index contributed by atoms with van der Waals surface area (Å²) in [5, 5.41) is 0. The quantitative estimate of drug-likeness (QED) is 0.405. The Hall–Kier alpha value is -0.400. The Morgan fingerprint density at radius 1 is 0.815 bits per heavy atom. The summed E-state index contributed by atoms with van der Waals surface area (Å²) in [6.45, 7) is 10.0. The average Bonchev–Trinajstić information content (AvgIpc) is 3.26. The van der Waals surface area contributed by atoms with E-state index in [1.807, 2.05) is 0 Å². The Labute approximate surface area is 178 Å². The Balaban J connectivity index is 0.00000131. The Morgan fingerprint density at radius 3 is 1.59 bits per heavy atom. The van der Waals surface area contributed by atoms with Gasteiger partial charge in [0.05, 0.1) is 0 Å². The molecular weight excluding hydrogens is 466 g/mol. The molecule has 0 aliphatic heterocycles. The molecule has 2 aliphatic rings. The third-order valence-corrected chi connectivity index (χ3v) is 42.4. The van der Waals surface area contributed by atoms with Crippen molar-refractivity contribution in [2.75, 3.05) is 0 Å². The van der Waals surface area contributed by atoms with E-state index in [9.17, 15) is 0 Å². The van der Waals surface area contributed by atoms with E-state index in [1.165, 1.54) is 15.3 Å². The van der Waals surface area contributed by atoms with Gasteiger partial charge in [-0.05, 0) is 0 Å². The minimum absolute atomic E-state index is 0. The molecule has 0 nitrogen and oxygen atoms in total. The van der Waals surface area contributed by atoms with Crippen LogP contribution in [-0.4, -0.2) is 6.88 Å². The van der Waals surface area contributed by atoms with Gasteiger partial charge in [0.2, 0.25) is 0 Å². The molecule has 27 heavy (non-hydrogen) atoms. The molecule has 4 heteroatoms. The van der Waals surface area contributed by atoms with Gasteiger partial charge in [-0.15, -0.1) is 24.8 Å². The maximum absolute atomic E-state index is 3.28. The topological polar surface area (TPSA) is 0 Å². The second-order valence-electron chi connectivity index (χ2n) is 8.41. The summed E-state index contributed by atoms with van der Waals surface area (Å²) >= 11 is -3.28. The maximum Gasteiger partial charge on any atom is -0.147 e. The van der Waals surface area contributed by atoms with Gasteiger partial charge in [-0.25, -0.2) is 0 Å². The van der Waals surface area contributed by atoms with Gasteiger partial charge >= 0.3 is 155 Å². The number of rotatable bonds is 4. The number of fused-ring (bicyclic) bond motifs is 2. The standard InChI is InChI=1S/2C9H7.C3H7.C2H5.2ClH.H2Si.Zr/c2*1-2-5-9-7-3-6-8(9)4-1;1-3-2;1-2;;;;/h2*1-7H;3H,1-2H3;1H2,2H3;2*1H;1H2;. The largest absolute Gasteiger partial charge is 0.147 e. The van der Waals surface area contributed by atoms with E-state index in [2.05, 4.69) is 100 Å². The van der Waals surface area contributed by atoms with Crippen LogP contribution in [0, 0.1) is 0 Å². The van der Waals surface area contributed by atoms with Crippen molar-refractivity contribution in [2.24, 2.45) is 0 Å². The first-order valence-corrected chi connectivity index (χ1v) is 21.5. The third-order valence-electron chi connectivity index (χ3n) is 7.54. The Bertz CT molecular complexity index is 893. The van der Waals surface area contributed by atoms with E-state index in [1.54, 1.807) is 11.1 Å². The van der Waals surface area contributed by atoms with Crippen LogP contribution in [0.5, 0.6) is 0 Å². The van der Waals surface area contributed by atoms with Crippen LogP contribution >= 0.6 is 24.8 Å². The average molecular weight is 497 g/mol. The summed E-state index contributed by atoms with van der Waals surface area (Å²) in [6, 6.07) is 18.2. The van der Waals surface area contributed by atoms with Crippen molar-refractivity contribution in [3.8, 4) is 0 Å². The van der Waals surface area contributed by atoms with Gasteiger partial charge in [-0.1, -0.05) is 0 Å². The molecule has 2 atom stereocenters. The van der Waals surface area contributed by atoms with Crippen LogP contribution in [0.4, 0.5) is 0 Å². The van der Waals surface area contributed by atoms with E-state index in [0.29, 0.717) is 7.25 Å². The molecule has 0 aromatic heterocycles. The predicted molar refractivity (Wildman–Crippen MR) is 125 cm³/mol. The second-order valence-corrected chi connectivity index (χ2v) is 36.0. The van der Waals surface area contributed by atoms with Crippen LogP contribution in [0.15, 0.2) is 60.7 Å². The van der Waals surface area contributed by atoms with E-state index < -0.39 is 17.4 Å². The zero-order valence-corrected chi connectivity index (χ0v) is 21.9. The summed E-state index contributed by atoms with van der Waals surface area (Å²) in [6.07, 6.45) is 9.93. The van der Waals surface area contributed by atoms with Crippen molar-refractivity contribution in [3.63, 3.8) is 0 Å². The maximum atomic E-state index is 2.57. The normalized spacial score (nSPS) is 20.0. The van der Waals surface area contributed by atoms with Gasteiger partial charge < -0.3 is 0 Å². The first kappa shape index (κ1) is 22.9. The first-order valence-electron chi connectivity index (χ1n) is 9.58. The fraction of sp³-hybridized carbons (Fsp3) is 0.304. The fourth-order valence-corrected chi connectivity index (χ4v) is 26.5. The van der Waals surface area contributed by atoms with Crippen molar-refractivity contribution < 1.29 is 17.4 Å². The smallest absolute Gasteiger partial charge is 0.147 e. The van der Waals surface area contributed by atoms with Crippen molar-refractivity contribution in [1.29, 1.82) is 0 Å². The van der Waals surface area contributed by atoms with Gasteiger partial charge in [0.1, 0.15) is 0 Å². The van der Waals surface area contributed by atoms with Crippen LogP contribution in [0.1, 0.15) is 50.3 Å². The molecule has 2 aromatic rings. The molecule has 0 heterocycles. The Morgan fingerprint density at radius 2 is 1.22 bits per heavy atom. The zero-order valence-electron chi connectivity index (χ0n) is 16.4. The Kier molecular flexibility index (Phi) is 6.91. The molecule has 4 rings (SSSR count). The van der Waals surface area contributed by atoms with E-state index in [4.69, 9.17) is 0 Å². The summed E-state index contributed by atoms with van der Waals surface area (Å²) in [4.78, 5) is 0. The van der Waals surface area contributed by atoms with Crippen molar-refractivity contribution >= 4 is 43.8 Å². The number of hydrogen-bond donors (Lipinski definition) is 0. The van der Waals surface area contributed by atoms with E-state index in [-0.39, 0.29) is 24.8 Å². The molecule has 0 saturated carbocycles. The molecule has 0 radical (unpaired) electrons. The van der Waals surface area contributed by atoms with E-state index in [0.717, 1.165) is 3.63 Å². The molecule has 144 valence electrons. The second kappa shape index (κ2) is 8.15. The number of halogens is 2. The molecule has 0 saturated heterocycles. The number of allylic oxidation sites excluding steroid dienone is 2. The molecular formula is C23H30Cl2SiZr. The zero-order chi connectivity index (χ0) is 17.7. The summed E-state index contributed by atoms with van der Waals surface area (Å²) in [5.41, 5.74) is 6.08. The number of benzene rings is 2. The summed E-state index contributed by atoms with van der Waals surface area (Å²) < 4.78 is 3.44. The minimum Gasteiger partial charge on any atom is -0.147 e. The molecule has 0 spiro atoms. The monoisotopic (exact) mass is 494 g/mol. The van der Waals surface area contributed by atoms with Gasteiger partial charge in [0.15, 0.2) is 0 Å².